The molecule has 0 aromatic heterocycles. The molecular weight excluding hydrogens is 865 g/mol. The molecular formula is C64H120O6. The van der Waals surface area contributed by atoms with E-state index in [1.807, 2.05) is 0 Å². The third-order valence-corrected chi connectivity index (χ3v) is 14.2. The lowest BCUT2D eigenvalue weighted by molar-refractivity contribution is -0.167. The lowest BCUT2D eigenvalue weighted by Gasteiger charge is -2.18. The Morgan fingerprint density at radius 1 is 0.286 bits per heavy atom. The Bertz CT molecular complexity index is 1130. The maximum atomic E-state index is 12.8. The molecule has 0 heterocycles. The van der Waals surface area contributed by atoms with E-state index in [4.69, 9.17) is 14.2 Å². The lowest BCUT2D eigenvalue weighted by Crippen LogP contribution is -2.30. The third kappa shape index (κ3) is 56.8. The summed E-state index contributed by atoms with van der Waals surface area (Å²) in [5.74, 6) is -0.857. The summed E-state index contributed by atoms with van der Waals surface area (Å²) in [6.07, 6.45) is 70.6. The van der Waals surface area contributed by atoms with E-state index in [0.29, 0.717) is 19.3 Å². The van der Waals surface area contributed by atoms with Crippen molar-refractivity contribution in [3.63, 3.8) is 0 Å². The fraction of sp³-hybridized carbons (Fsp3) is 0.891. The molecule has 412 valence electrons. The van der Waals surface area contributed by atoms with Crippen molar-refractivity contribution in [2.24, 2.45) is 0 Å². The second kappa shape index (κ2) is 59.5. The van der Waals surface area contributed by atoms with Crippen molar-refractivity contribution in [1.82, 2.24) is 0 Å². The molecule has 6 nitrogen and oxygen atoms in total. The van der Waals surface area contributed by atoms with Crippen LogP contribution in [-0.4, -0.2) is 37.2 Å². The van der Waals surface area contributed by atoms with Crippen LogP contribution in [0.4, 0.5) is 0 Å². The van der Waals surface area contributed by atoms with Gasteiger partial charge in [0.15, 0.2) is 6.10 Å². The van der Waals surface area contributed by atoms with E-state index in [1.54, 1.807) is 0 Å². The molecule has 0 spiro atoms. The zero-order valence-electron chi connectivity index (χ0n) is 47.3. The number of allylic oxidation sites excluding steroid dienone is 4. The highest BCUT2D eigenvalue weighted by atomic mass is 16.6. The first kappa shape index (κ1) is 67.9. The van der Waals surface area contributed by atoms with Gasteiger partial charge in [-0.05, 0) is 51.4 Å². The zero-order chi connectivity index (χ0) is 50.7. The Kier molecular flexibility index (Phi) is 57.7. The quantitative estimate of drug-likeness (QED) is 0.0261. The van der Waals surface area contributed by atoms with E-state index in [2.05, 4.69) is 45.1 Å². The number of ether oxygens (including phenoxy) is 3. The SMILES string of the molecule is CCCCC/C=C\C/C=C\CCCCCCCCCC(=O)OC(COC(=O)CCCCCCCCCCC)COC(=O)CCCCCCCCCCCCCCCCCCCCCCCCCCCC. The van der Waals surface area contributed by atoms with Gasteiger partial charge in [0, 0.05) is 19.3 Å². The van der Waals surface area contributed by atoms with Gasteiger partial charge in [0.25, 0.3) is 0 Å². The molecule has 0 bridgehead atoms. The molecule has 0 aliphatic heterocycles. The van der Waals surface area contributed by atoms with Crippen LogP contribution in [0.25, 0.3) is 0 Å². The highest BCUT2D eigenvalue weighted by molar-refractivity contribution is 5.71. The minimum atomic E-state index is -0.770. The maximum Gasteiger partial charge on any atom is 0.306 e. The van der Waals surface area contributed by atoms with Gasteiger partial charge < -0.3 is 14.2 Å². The van der Waals surface area contributed by atoms with E-state index >= 15 is 0 Å². The van der Waals surface area contributed by atoms with Gasteiger partial charge in [-0.15, -0.1) is 0 Å². The fourth-order valence-corrected chi connectivity index (χ4v) is 9.48. The van der Waals surface area contributed by atoms with Gasteiger partial charge in [0.05, 0.1) is 0 Å². The van der Waals surface area contributed by atoms with Crippen LogP contribution in [0.1, 0.15) is 348 Å². The first-order valence-electron chi connectivity index (χ1n) is 31.3. The summed E-state index contributed by atoms with van der Waals surface area (Å²) < 4.78 is 16.9. The molecule has 1 unspecified atom stereocenters. The molecule has 0 saturated heterocycles. The highest BCUT2D eigenvalue weighted by Crippen LogP contribution is 2.18. The summed E-state index contributed by atoms with van der Waals surface area (Å²) in [5, 5.41) is 0. The summed E-state index contributed by atoms with van der Waals surface area (Å²) in [7, 11) is 0. The molecule has 6 heteroatoms. The van der Waals surface area contributed by atoms with Crippen molar-refractivity contribution in [3.05, 3.63) is 24.3 Å². The van der Waals surface area contributed by atoms with Crippen molar-refractivity contribution in [2.45, 2.75) is 354 Å². The van der Waals surface area contributed by atoms with Crippen LogP contribution in [0.3, 0.4) is 0 Å². The van der Waals surface area contributed by atoms with Crippen LogP contribution >= 0.6 is 0 Å². The largest absolute Gasteiger partial charge is 0.462 e. The predicted octanol–water partition coefficient (Wildman–Crippen LogP) is 21.1. The molecule has 0 radical (unpaired) electrons. The van der Waals surface area contributed by atoms with Crippen LogP contribution in [0.5, 0.6) is 0 Å². The summed E-state index contributed by atoms with van der Waals surface area (Å²) in [4.78, 5) is 38.1. The van der Waals surface area contributed by atoms with Gasteiger partial charge in [-0.3, -0.25) is 14.4 Å². The molecule has 1 atom stereocenters. The molecule has 0 aromatic carbocycles. The first-order chi connectivity index (χ1) is 34.5. The van der Waals surface area contributed by atoms with E-state index < -0.39 is 6.10 Å². The molecule has 0 aromatic rings. The molecule has 0 N–H and O–H groups in total. The number of unbranched alkanes of at least 4 members (excludes halogenated alkanes) is 43. The topological polar surface area (TPSA) is 78.9 Å². The monoisotopic (exact) mass is 985 g/mol. The summed E-state index contributed by atoms with van der Waals surface area (Å²) in [6.45, 7) is 6.65. The first-order valence-corrected chi connectivity index (χ1v) is 31.3. The second-order valence-corrected chi connectivity index (χ2v) is 21.3. The Morgan fingerprint density at radius 2 is 0.514 bits per heavy atom. The average Bonchev–Trinajstić information content (AvgIpc) is 3.36. The average molecular weight is 986 g/mol. The standard InChI is InChI=1S/C64H120O6/c1-4-7-10-13-16-19-21-23-25-27-28-29-30-31-32-33-34-35-37-38-40-42-45-48-51-54-57-63(66)69-60-61(59-68-62(65)56-53-50-47-44-18-15-12-9-6-3)70-64(67)58-55-52-49-46-43-41-39-36-26-24-22-20-17-14-11-8-5-2/h17,20,24,26,61H,4-16,18-19,21-23,25,27-60H2,1-3H3/b20-17-,26-24-. The van der Waals surface area contributed by atoms with Gasteiger partial charge in [0.2, 0.25) is 0 Å². The van der Waals surface area contributed by atoms with E-state index in [0.717, 1.165) is 70.6 Å². The third-order valence-electron chi connectivity index (χ3n) is 14.2. The number of carbonyl (C=O) groups is 3. The van der Waals surface area contributed by atoms with Crippen LogP contribution in [0.2, 0.25) is 0 Å². The summed E-state index contributed by atoms with van der Waals surface area (Å²) in [6, 6.07) is 0. The van der Waals surface area contributed by atoms with Crippen molar-refractivity contribution in [2.75, 3.05) is 13.2 Å². The minimum absolute atomic E-state index is 0.0692. The molecule has 0 amide bonds. The van der Waals surface area contributed by atoms with Crippen molar-refractivity contribution in [1.29, 1.82) is 0 Å². The van der Waals surface area contributed by atoms with E-state index in [9.17, 15) is 14.4 Å². The normalized spacial score (nSPS) is 12.1. The molecule has 0 saturated carbocycles. The van der Waals surface area contributed by atoms with Crippen molar-refractivity contribution >= 4 is 17.9 Å². The molecule has 70 heavy (non-hydrogen) atoms. The van der Waals surface area contributed by atoms with Gasteiger partial charge >= 0.3 is 17.9 Å². The predicted molar refractivity (Wildman–Crippen MR) is 303 cm³/mol. The smallest absolute Gasteiger partial charge is 0.306 e. The van der Waals surface area contributed by atoms with Crippen LogP contribution in [0.15, 0.2) is 24.3 Å². The molecule has 0 aliphatic carbocycles. The molecule has 0 fully saturated rings. The Labute approximate surface area is 436 Å². The highest BCUT2D eigenvalue weighted by Gasteiger charge is 2.19. The number of hydrogen-bond donors (Lipinski definition) is 0. The summed E-state index contributed by atoms with van der Waals surface area (Å²) in [5.41, 5.74) is 0. The second-order valence-electron chi connectivity index (χ2n) is 21.3. The minimum Gasteiger partial charge on any atom is -0.462 e. The maximum absolute atomic E-state index is 12.8. The van der Waals surface area contributed by atoms with Crippen LogP contribution < -0.4 is 0 Å². The van der Waals surface area contributed by atoms with Crippen LogP contribution in [0, 0.1) is 0 Å². The Balaban J connectivity index is 4.13. The van der Waals surface area contributed by atoms with Gasteiger partial charge in [-0.1, -0.05) is 302 Å². The van der Waals surface area contributed by atoms with E-state index in [-0.39, 0.29) is 31.1 Å². The van der Waals surface area contributed by atoms with Crippen molar-refractivity contribution in [3.8, 4) is 0 Å². The zero-order valence-corrected chi connectivity index (χ0v) is 47.3. The van der Waals surface area contributed by atoms with Crippen molar-refractivity contribution < 1.29 is 28.6 Å². The van der Waals surface area contributed by atoms with Crippen LogP contribution in [-0.2, 0) is 28.6 Å². The lowest BCUT2D eigenvalue weighted by atomic mass is 10.0. The Morgan fingerprint density at radius 3 is 0.814 bits per heavy atom. The number of carbonyl (C=O) groups excluding carboxylic acids is 3. The number of rotatable bonds is 58. The number of hydrogen-bond acceptors (Lipinski definition) is 6. The molecule has 0 rings (SSSR count). The number of esters is 3. The summed E-state index contributed by atoms with van der Waals surface area (Å²) >= 11 is 0. The Hall–Kier alpha value is -2.11. The van der Waals surface area contributed by atoms with Gasteiger partial charge in [-0.25, -0.2) is 0 Å². The molecule has 0 aliphatic rings. The van der Waals surface area contributed by atoms with E-state index in [1.165, 1.54) is 238 Å². The van der Waals surface area contributed by atoms with Gasteiger partial charge in [0.1, 0.15) is 13.2 Å². The fourth-order valence-electron chi connectivity index (χ4n) is 9.48. The van der Waals surface area contributed by atoms with Gasteiger partial charge in [-0.2, -0.15) is 0 Å².